The summed E-state index contributed by atoms with van der Waals surface area (Å²) in [5, 5.41) is 0. The van der Waals surface area contributed by atoms with Crippen LogP contribution in [0.5, 0.6) is 0 Å². The zero-order chi connectivity index (χ0) is 15.0. The second-order valence-corrected chi connectivity index (χ2v) is 7.88. The van der Waals surface area contributed by atoms with Gasteiger partial charge in [0.2, 0.25) is 0 Å². The van der Waals surface area contributed by atoms with E-state index in [0.29, 0.717) is 11.7 Å². The molecule has 2 fully saturated rings. The van der Waals surface area contributed by atoms with Crippen LogP contribution in [0.1, 0.15) is 76.3 Å². The number of benzene rings is 1. The number of ketones is 1. The molecule has 3 rings (SSSR count). The first-order valence-corrected chi connectivity index (χ1v) is 8.61. The Balaban J connectivity index is 1.78. The number of rotatable bonds is 3. The van der Waals surface area contributed by atoms with Crippen molar-refractivity contribution < 1.29 is 4.79 Å². The molecule has 114 valence electrons. The largest absolute Gasteiger partial charge is 0.299 e. The van der Waals surface area contributed by atoms with E-state index in [1.807, 2.05) is 0 Å². The molecule has 2 unspecified atom stereocenters. The van der Waals surface area contributed by atoms with Gasteiger partial charge in [0, 0.05) is 12.3 Å². The third-order valence-electron chi connectivity index (χ3n) is 5.99. The van der Waals surface area contributed by atoms with Gasteiger partial charge in [0.25, 0.3) is 0 Å². The highest BCUT2D eigenvalue weighted by Crippen LogP contribution is 2.42. The molecule has 0 N–H and O–H groups in total. The number of carbonyl (C=O) groups is 1. The standard InChI is InChI=1S/C20H28O/c1-14-7-12-18(19(21)13-14)20(2,3)17-10-8-16(9-11-17)15-5-4-6-15/h8-11,14-15,18H,4-7,12-13H2,1-3H3. The Morgan fingerprint density at radius 1 is 1.00 bits per heavy atom. The molecule has 0 aliphatic heterocycles. The first-order chi connectivity index (χ1) is 9.98. The fourth-order valence-electron chi connectivity index (χ4n) is 4.09. The van der Waals surface area contributed by atoms with Crippen LogP contribution in [0.2, 0.25) is 0 Å². The summed E-state index contributed by atoms with van der Waals surface area (Å²) in [5.41, 5.74) is 2.79. The molecule has 0 amide bonds. The smallest absolute Gasteiger partial charge is 0.137 e. The van der Waals surface area contributed by atoms with Gasteiger partial charge < -0.3 is 0 Å². The summed E-state index contributed by atoms with van der Waals surface area (Å²) in [7, 11) is 0. The van der Waals surface area contributed by atoms with Crippen LogP contribution in [-0.4, -0.2) is 5.78 Å². The first kappa shape index (κ1) is 14.8. The zero-order valence-electron chi connectivity index (χ0n) is 13.7. The maximum Gasteiger partial charge on any atom is 0.137 e. The lowest BCUT2D eigenvalue weighted by Crippen LogP contribution is -2.38. The molecule has 2 atom stereocenters. The van der Waals surface area contributed by atoms with E-state index < -0.39 is 0 Å². The second kappa shape index (κ2) is 5.59. The van der Waals surface area contributed by atoms with Crippen molar-refractivity contribution in [1.29, 1.82) is 0 Å². The van der Waals surface area contributed by atoms with Crippen molar-refractivity contribution >= 4 is 5.78 Å². The molecule has 0 saturated heterocycles. The van der Waals surface area contributed by atoms with Gasteiger partial charge in [0.15, 0.2) is 0 Å². The van der Waals surface area contributed by atoms with Gasteiger partial charge in [-0.15, -0.1) is 0 Å². The lowest BCUT2D eigenvalue weighted by Gasteiger charge is -2.38. The molecule has 1 heteroatoms. The fourth-order valence-corrected chi connectivity index (χ4v) is 4.09. The highest BCUT2D eigenvalue weighted by atomic mass is 16.1. The van der Waals surface area contributed by atoms with Crippen LogP contribution in [0.3, 0.4) is 0 Å². The van der Waals surface area contributed by atoms with E-state index in [-0.39, 0.29) is 11.3 Å². The Kier molecular flexibility index (Phi) is 3.94. The molecule has 2 aliphatic carbocycles. The van der Waals surface area contributed by atoms with E-state index in [1.54, 1.807) is 0 Å². The van der Waals surface area contributed by atoms with Gasteiger partial charge in [-0.2, -0.15) is 0 Å². The molecule has 0 spiro atoms. The van der Waals surface area contributed by atoms with E-state index >= 15 is 0 Å². The van der Waals surface area contributed by atoms with Crippen LogP contribution >= 0.6 is 0 Å². The predicted octanol–water partition coefficient (Wildman–Crippen LogP) is 5.24. The first-order valence-electron chi connectivity index (χ1n) is 8.61. The van der Waals surface area contributed by atoms with Crippen molar-refractivity contribution in [2.24, 2.45) is 11.8 Å². The Labute approximate surface area is 129 Å². The molecular weight excluding hydrogens is 256 g/mol. The predicted molar refractivity (Wildman–Crippen MR) is 87.6 cm³/mol. The molecule has 0 radical (unpaired) electrons. The Hall–Kier alpha value is -1.11. The van der Waals surface area contributed by atoms with E-state index in [1.165, 1.54) is 36.8 Å². The summed E-state index contributed by atoms with van der Waals surface area (Å²) in [6.45, 7) is 6.71. The Bertz CT molecular complexity index is 507. The molecule has 21 heavy (non-hydrogen) atoms. The molecule has 2 saturated carbocycles. The molecular formula is C20H28O. The maximum absolute atomic E-state index is 12.5. The average molecular weight is 284 g/mol. The normalized spacial score (nSPS) is 27.5. The lowest BCUT2D eigenvalue weighted by atomic mass is 9.65. The topological polar surface area (TPSA) is 17.1 Å². The molecule has 0 bridgehead atoms. The van der Waals surface area contributed by atoms with Crippen LogP contribution in [0.15, 0.2) is 24.3 Å². The van der Waals surface area contributed by atoms with Gasteiger partial charge in [-0.3, -0.25) is 4.79 Å². The van der Waals surface area contributed by atoms with Crippen molar-refractivity contribution in [3.05, 3.63) is 35.4 Å². The van der Waals surface area contributed by atoms with E-state index in [4.69, 9.17) is 0 Å². The summed E-state index contributed by atoms with van der Waals surface area (Å²) in [6, 6.07) is 9.16. The number of hydrogen-bond acceptors (Lipinski definition) is 1. The van der Waals surface area contributed by atoms with Gasteiger partial charge in [0.05, 0.1) is 0 Å². The molecule has 2 aliphatic rings. The quantitative estimate of drug-likeness (QED) is 0.742. The number of Topliss-reactive ketones (excluding diaryl/α,β-unsaturated/α-hetero) is 1. The minimum Gasteiger partial charge on any atom is -0.299 e. The van der Waals surface area contributed by atoms with Gasteiger partial charge in [-0.05, 0) is 54.1 Å². The van der Waals surface area contributed by atoms with E-state index in [9.17, 15) is 4.79 Å². The lowest BCUT2D eigenvalue weighted by molar-refractivity contribution is -0.128. The molecule has 1 aromatic rings. The third kappa shape index (κ3) is 2.80. The molecule has 0 heterocycles. The third-order valence-corrected chi connectivity index (χ3v) is 5.99. The van der Waals surface area contributed by atoms with Crippen molar-refractivity contribution in [3.8, 4) is 0 Å². The Morgan fingerprint density at radius 2 is 1.67 bits per heavy atom. The molecule has 0 aromatic heterocycles. The van der Waals surface area contributed by atoms with Crippen LogP contribution < -0.4 is 0 Å². The minimum absolute atomic E-state index is 0.0324. The number of hydrogen-bond donors (Lipinski definition) is 0. The number of carbonyl (C=O) groups excluding carboxylic acids is 1. The van der Waals surface area contributed by atoms with Gasteiger partial charge in [-0.1, -0.05) is 51.5 Å². The Morgan fingerprint density at radius 3 is 2.19 bits per heavy atom. The van der Waals surface area contributed by atoms with Crippen molar-refractivity contribution in [1.82, 2.24) is 0 Å². The second-order valence-electron chi connectivity index (χ2n) is 7.88. The minimum atomic E-state index is -0.0324. The average Bonchev–Trinajstić information content (AvgIpc) is 2.37. The molecule has 1 nitrogen and oxygen atoms in total. The summed E-state index contributed by atoms with van der Waals surface area (Å²) in [6.07, 6.45) is 7.10. The summed E-state index contributed by atoms with van der Waals surface area (Å²) in [4.78, 5) is 12.5. The molecule has 1 aromatic carbocycles. The highest BCUT2D eigenvalue weighted by molar-refractivity contribution is 5.83. The summed E-state index contributed by atoms with van der Waals surface area (Å²) in [5.74, 6) is 2.04. The maximum atomic E-state index is 12.5. The van der Waals surface area contributed by atoms with Crippen LogP contribution in [0, 0.1) is 11.8 Å². The summed E-state index contributed by atoms with van der Waals surface area (Å²) >= 11 is 0. The van der Waals surface area contributed by atoms with Crippen molar-refractivity contribution in [3.63, 3.8) is 0 Å². The van der Waals surface area contributed by atoms with Crippen molar-refractivity contribution in [2.75, 3.05) is 0 Å². The van der Waals surface area contributed by atoms with E-state index in [2.05, 4.69) is 45.0 Å². The fraction of sp³-hybridized carbons (Fsp3) is 0.650. The van der Waals surface area contributed by atoms with Crippen LogP contribution in [-0.2, 0) is 10.2 Å². The van der Waals surface area contributed by atoms with Crippen LogP contribution in [0.4, 0.5) is 0 Å². The van der Waals surface area contributed by atoms with Gasteiger partial charge >= 0.3 is 0 Å². The van der Waals surface area contributed by atoms with Gasteiger partial charge in [0.1, 0.15) is 5.78 Å². The zero-order valence-corrected chi connectivity index (χ0v) is 13.7. The van der Waals surface area contributed by atoms with E-state index in [0.717, 1.165) is 18.8 Å². The highest BCUT2D eigenvalue weighted by Gasteiger charge is 2.39. The monoisotopic (exact) mass is 284 g/mol. The van der Waals surface area contributed by atoms with Crippen LogP contribution in [0.25, 0.3) is 0 Å². The SMILES string of the molecule is CC1CCC(C(C)(C)c2ccc(C3CCC3)cc2)C(=O)C1. The van der Waals surface area contributed by atoms with Crippen molar-refractivity contribution in [2.45, 2.75) is 70.6 Å². The van der Waals surface area contributed by atoms with Gasteiger partial charge in [-0.25, -0.2) is 0 Å². The summed E-state index contributed by atoms with van der Waals surface area (Å²) < 4.78 is 0.